The molecule has 2 saturated heterocycles. The minimum Gasteiger partial charge on any atom is -0.394 e. The van der Waals surface area contributed by atoms with E-state index >= 15 is 0 Å². The maximum absolute atomic E-state index is 13.0. The summed E-state index contributed by atoms with van der Waals surface area (Å²) in [5, 5.41) is 136. The third-order valence-corrected chi connectivity index (χ3v) is 21.9. The van der Waals surface area contributed by atoms with E-state index in [4.69, 9.17) is 18.9 Å². The van der Waals surface area contributed by atoms with Crippen molar-refractivity contribution in [2.45, 2.75) is 421 Å². The predicted octanol–water partition coefficient (Wildman–Crippen LogP) is 11.5. The number of aliphatic hydroxyl groups is 12. The number of carbonyl (C=O) groups is 4. The van der Waals surface area contributed by atoms with Crippen molar-refractivity contribution in [2.75, 3.05) is 39.5 Å². The second kappa shape index (κ2) is 64.7. The van der Waals surface area contributed by atoms with Crippen LogP contribution in [-0.2, 0) is 28.5 Å². The lowest BCUT2D eigenvalue weighted by Crippen LogP contribution is -2.60. The number of rotatable bonds is 66. The predicted molar refractivity (Wildman–Crippen MR) is 438 cm³/mol. The Kier molecular flexibility index (Phi) is 58.9. The summed E-state index contributed by atoms with van der Waals surface area (Å²) in [6.45, 7) is 7.92. The second-order valence-corrected chi connectivity index (χ2v) is 32.0. The van der Waals surface area contributed by atoms with E-state index in [1.165, 1.54) is 103 Å². The van der Waals surface area contributed by atoms with Gasteiger partial charge in [-0.3, -0.25) is 19.2 Å². The fourth-order valence-electron chi connectivity index (χ4n) is 14.4. The Balaban J connectivity index is 0.000000580. The summed E-state index contributed by atoms with van der Waals surface area (Å²) in [5.74, 6) is -0.652. The number of hydrogen-bond donors (Lipinski definition) is 16. The van der Waals surface area contributed by atoms with Crippen molar-refractivity contribution in [3.63, 3.8) is 0 Å². The molecule has 4 amide bonds. The van der Waals surface area contributed by atoms with Crippen LogP contribution in [0.4, 0.5) is 0 Å². The molecule has 0 spiro atoms. The first-order valence-electron chi connectivity index (χ1n) is 44.0. The Labute approximate surface area is 672 Å². The van der Waals surface area contributed by atoms with Crippen LogP contribution in [0.25, 0.3) is 0 Å². The van der Waals surface area contributed by atoms with Gasteiger partial charge in [0, 0.05) is 37.1 Å². The highest BCUT2D eigenvalue weighted by Gasteiger charge is 2.46. The number of ether oxygens (including phenoxy) is 4. The Bertz CT molecular complexity index is 2450. The third kappa shape index (κ3) is 45.4. The van der Waals surface area contributed by atoms with E-state index in [0.29, 0.717) is 49.9 Å². The van der Waals surface area contributed by atoms with Crippen LogP contribution in [0, 0.1) is 13.8 Å². The van der Waals surface area contributed by atoms with Gasteiger partial charge in [0.25, 0.3) is 11.8 Å². The Hall–Kier alpha value is -4.32. The summed E-state index contributed by atoms with van der Waals surface area (Å²) in [7, 11) is 0. The number of unbranched alkanes of at least 4 members (excludes halogenated alkanes) is 38. The van der Waals surface area contributed by atoms with Gasteiger partial charge in [-0.1, -0.05) is 293 Å². The summed E-state index contributed by atoms with van der Waals surface area (Å²) in [5.41, 5.74) is 3.63. The first kappa shape index (κ1) is 102. The first-order chi connectivity index (χ1) is 54.2. The van der Waals surface area contributed by atoms with E-state index < -0.39 is 111 Å². The van der Waals surface area contributed by atoms with Crippen molar-refractivity contribution in [3.8, 4) is 0 Å². The van der Waals surface area contributed by atoms with E-state index in [-0.39, 0.29) is 49.7 Å². The minimum atomic E-state index is -1.62. The number of benzene rings is 2. The van der Waals surface area contributed by atoms with Crippen LogP contribution >= 0.6 is 0 Å². The number of amides is 4. The maximum atomic E-state index is 13.0. The molecule has 24 nitrogen and oxygen atoms in total. The topological polar surface area (TPSA) is 396 Å². The number of nitrogens with one attached hydrogen (secondary N) is 4. The maximum Gasteiger partial charge on any atom is 0.251 e. The van der Waals surface area contributed by atoms with Crippen LogP contribution in [0.3, 0.4) is 0 Å². The molecule has 2 fully saturated rings. The Morgan fingerprint density at radius 2 is 0.616 bits per heavy atom. The number of hydrogen-bond acceptors (Lipinski definition) is 20. The highest BCUT2D eigenvalue weighted by Crippen LogP contribution is 2.26. The van der Waals surface area contributed by atoms with E-state index in [9.17, 15) is 80.5 Å². The van der Waals surface area contributed by atoms with Crippen LogP contribution in [-0.4, -0.2) is 222 Å². The van der Waals surface area contributed by atoms with E-state index in [1.807, 2.05) is 62.4 Å². The molecule has 4 unspecified atom stereocenters. The first-order valence-corrected chi connectivity index (χ1v) is 44.0. The fraction of sp³-hybridized carbons (Fsp3) is 0.818. The lowest BCUT2D eigenvalue weighted by molar-refractivity contribution is -0.303. The van der Waals surface area contributed by atoms with Gasteiger partial charge in [-0.05, 0) is 76.6 Å². The molecule has 0 bridgehead atoms. The van der Waals surface area contributed by atoms with Crippen molar-refractivity contribution in [1.29, 1.82) is 0 Å². The summed E-state index contributed by atoms with van der Waals surface area (Å²) in [6, 6.07) is 13.1. The summed E-state index contributed by atoms with van der Waals surface area (Å²) >= 11 is 0. The van der Waals surface area contributed by atoms with Gasteiger partial charge >= 0.3 is 0 Å². The van der Waals surface area contributed by atoms with Crippen LogP contribution in [0.15, 0.2) is 48.5 Å². The molecule has 16 atom stereocenters. The molecule has 2 aromatic rings. The van der Waals surface area contributed by atoms with E-state index in [1.54, 1.807) is 0 Å². The fourth-order valence-corrected chi connectivity index (χ4v) is 14.4. The molecule has 0 aliphatic carbocycles. The number of aliphatic hydroxyl groups excluding tert-OH is 12. The standard InChI is InChI=1S/2C44H78N2O10/c2*1-3-4-5-6-7-8-9-10-12-15-18-21-24-36(48)39(50)35(32-55-44-42(53)41(52)40(51)37(31-47)56-44)46-38(49)25-22-19-16-13-11-14-17-20-23-30-45-43(54)34-28-26-33(2)27-29-34/h2*26-29,35-37,39-42,44,47-48,50-53H,3-25,30-32H2,1-2H3,(H,45,54)(H,46,49)/t2*35-,36+,37?,39-,40-,41-,42?,44-/m00/s1. The smallest absolute Gasteiger partial charge is 0.251 e. The molecule has 648 valence electrons. The molecule has 0 saturated carbocycles. The van der Waals surface area contributed by atoms with Crippen molar-refractivity contribution in [2.24, 2.45) is 0 Å². The molecule has 2 aliphatic heterocycles. The Morgan fingerprint density at radius 3 is 0.893 bits per heavy atom. The molecule has 2 heterocycles. The average Bonchev–Trinajstić information content (AvgIpc) is 0.830. The van der Waals surface area contributed by atoms with E-state index in [0.717, 1.165) is 165 Å². The molecule has 4 rings (SSSR count). The molecular formula is C88H156N4O20. The van der Waals surface area contributed by atoms with Crippen molar-refractivity contribution < 1.29 is 99.4 Å². The second-order valence-electron chi connectivity index (χ2n) is 32.0. The van der Waals surface area contributed by atoms with Gasteiger partial charge in [0.05, 0.1) is 50.7 Å². The average molecular weight is 1590 g/mol. The number of carbonyl (C=O) groups excluding carboxylic acids is 4. The van der Waals surface area contributed by atoms with Crippen LogP contribution in [0.5, 0.6) is 0 Å². The summed E-state index contributed by atoms with van der Waals surface area (Å²) < 4.78 is 22.2. The van der Waals surface area contributed by atoms with Crippen molar-refractivity contribution in [3.05, 3.63) is 70.8 Å². The molecule has 2 aromatic carbocycles. The normalized spacial score (nSPS) is 21.4. The Morgan fingerprint density at radius 1 is 0.357 bits per heavy atom. The van der Waals surface area contributed by atoms with Crippen LogP contribution in [0.2, 0.25) is 0 Å². The van der Waals surface area contributed by atoms with Gasteiger partial charge in [0.2, 0.25) is 11.8 Å². The van der Waals surface area contributed by atoms with Crippen LogP contribution < -0.4 is 21.3 Å². The largest absolute Gasteiger partial charge is 0.394 e. The van der Waals surface area contributed by atoms with Gasteiger partial charge in [0.1, 0.15) is 61.0 Å². The van der Waals surface area contributed by atoms with E-state index in [2.05, 4.69) is 35.1 Å². The number of aryl methyl sites for hydroxylation is 2. The molecular weight excluding hydrogens is 1430 g/mol. The lowest BCUT2D eigenvalue weighted by atomic mass is 9.98. The van der Waals surface area contributed by atoms with Crippen molar-refractivity contribution in [1.82, 2.24) is 21.3 Å². The zero-order chi connectivity index (χ0) is 81.9. The molecule has 0 radical (unpaired) electrons. The SMILES string of the molecule is CCCCCCCCCCCCCC[C@@H](O)[C@@H](O)[C@H](CO[C@H]1OC(CO)[C@H](O)[C@H](O)C1O)NC(=O)CCCCCCCCCCCNC(=O)c1ccc(C)cc1.CCCCCCCCCCCCCC[C@@H](O)[C@@H](O)[C@H](CO[C@H]1OC(CO)[C@H](O)[C@H](O)C1O)NC(=O)CCCCCCCCCCCNC(=O)c1ccc(C)cc1. The van der Waals surface area contributed by atoms with Crippen molar-refractivity contribution >= 4 is 23.6 Å². The monoisotopic (exact) mass is 1590 g/mol. The zero-order valence-corrected chi connectivity index (χ0v) is 69.3. The van der Waals surface area contributed by atoms with Gasteiger partial charge in [-0.2, -0.15) is 0 Å². The highest BCUT2D eigenvalue weighted by atomic mass is 16.7. The van der Waals surface area contributed by atoms with Gasteiger partial charge in [0.15, 0.2) is 12.6 Å². The molecule has 24 heteroatoms. The molecule has 0 aromatic heterocycles. The van der Waals surface area contributed by atoms with Crippen LogP contribution in [0.1, 0.15) is 341 Å². The molecule has 2 aliphatic rings. The highest BCUT2D eigenvalue weighted by molar-refractivity contribution is 5.94. The quantitative estimate of drug-likeness (QED) is 0.0274. The molecule has 16 N–H and O–H groups in total. The summed E-state index contributed by atoms with van der Waals surface area (Å²) in [6.07, 6.45) is 28.0. The van der Waals surface area contributed by atoms with Gasteiger partial charge < -0.3 is 101 Å². The lowest BCUT2D eigenvalue weighted by Gasteiger charge is -2.40. The summed E-state index contributed by atoms with van der Waals surface area (Å²) in [4.78, 5) is 50.4. The van der Waals surface area contributed by atoms with Gasteiger partial charge in [-0.15, -0.1) is 0 Å². The zero-order valence-electron chi connectivity index (χ0n) is 69.3. The minimum absolute atomic E-state index is 0.0330. The van der Waals surface area contributed by atoms with Gasteiger partial charge in [-0.25, -0.2) is 0 Å². The molecule has 112 heavy (non-hydrogen) atoms. The third-order valence-electron chi connectivity index (χ3n) is 21.9.